The Hall–Kier alpha value is -2.35. The number of halogens is 1. The van der Waals surface area contributed by atoms with E-state index in [4.69, 9.17) is 9.15 Å². The summed E-state index contributed by atoms with van der Waals surface area (Å²) in [7, 11) is 0. The molecule has 1 aliphatic rings. The SMILES string of the molecule is CC(Oc1ccccc1F)c1nnc(SCC(=O)NCCC2=CCCCC2)o1. The number of carbonyl (C=O) groups excluding carboxylic acids is 1. The standard InChI is InChI=1S/C20H24FN3O3S/c1-14(26-17-10-6-5-9-16(17)21)19-23-24-20(27-19)28-13-18(25)22-12-11-15-7-3-2-4-8-15/h5-7,9-10,14H,2-4,8,11-13H2,1H3,(H,22,25). The number of hydrogen-bond donors (Lipinski definition) is 1. The van der Waals surface area contributed by atoms with Crippen molar-refractivity contribution in [2.45, 2.75) is 50.4 Å². The average molecular weight is 405 g/mol. The van der Waals surface area contributed by atoms with E-state index in [1.54, 1.807) is 19.1 Å². The number of rotatable bonds is 9. The second kappa shape index (κ2) is 10.3. The number of benzene rings is 1. The Morgan fingerprint density at radius 3 is 3.00 bits per heavy atom. The summed E-state index contributed by atoms with van der Waals surface area (Å²) in [6.45, 7) is 2.34. The number of aromatic nitrogens is 2. The van der Waals surface area contributed by atoms with Crippen molar-refractivity contribution in [3.8, 4) is 5.75 Å². The van der Waals surface area contributed by atoms with Gasteiger partial charge in [0.15, 0.2) is 17.7 Å². The van der Waals surface area contributed by atoms with Gasteiger partial charge in [0.05, 0.1) is 5.75 Å². The predicted octanol–water partition coefficient (Wildman–Crippen LogP) is 4.45. The van der Waals surface area contributed by atoms with Crippen LogP contribution in [0.15, 0.2) is 45.6 Å². The monoisotopic (exact) mass is 405 g/mol. The Kier molecular flexibility index (Phi) is 7.47. The summed E-state index contributed by atoms with van der Waals surface area (Å²) < 4.78 is 24.7. The molecule has 0 saturated heterocycles. The van der Waals surface area contributed by atoms with Crippen molar-refractivity contribution in [2.75, 3.05) is 12.3 Å². The molecule has 0 bridgehead atoms. The summed E-state index contributed by atoms with van der Waals surface area (Å²) >= 11 is 1.17. The van der Waals surface area contributed by atoms with E-state index in [1.165, 1.54) is 42.3 Å². The quantitative estimate of drug-likeness (QED) is 0.491. The zero-order valence-corrected chi connectivity index (χ0v) is 16.6. The maximum Gasteiger partial charge on any atom is 0.277 e. The Labute approximate surface area is 167 Å². The van der Waals surface area contributed by atoms with Crippen LogP contribution in [0.1, 0.15) is 51.0 Å². The van der Waals surface area contributed by atoms with Crippen molar-refractivity contribution < 1.29 is 18.3 Å². The molecule has 0 aliphatic heterocycles. The summed E-state index contributed by atoms with van der Waals surface area (Å²) in [6.07, 6.45) is 7.40. The number of thioether (sulfide) groups is 1. The number of para-hydroxylation sites is 1. The molecule has 0 saturated carbocycles. The third kappa shape index (κ3) is 6.09. The summed E-state index contributed by atoms with van der Waals surface area (Å²) in [4.78, 5) is 12.0. The van der Waals surface area contributed by atoms with E-state index in [0.29, 0.717) is 6.54 Å². The molecule has 1 N–H and O–H groups in total. The van der Waals surface area contributed by atoms with E-state index in [9.17, 15) is 9.18 Å². The Bertz CT molecular complexity index is 825. The molecule has 0 radical (unpaired) electrons. The molecule has 3 rings (SSSR count). The lowest BCUT2D eigenvalue weighted by molar-refractivity contribution is -0.118. The van der Waals surface area contributed by atoms with Gasteiger partial charge in [-0.05, 0) is 51.2 Å². The van der Waals surface area contributed by atoms with Gasteiger partial charge in [0, 0.05) is 6.54 Å². The van der Waals surface area contributed by atoms with Gasteiger partial charge in [0.1, 0.15) is 0 Å². The molecule has 1 heterocycles. The van der Waals surface area contributed by atoms with Crippen LogP contribution in [0.5, 0.6) is 5.75 Å². The minimum atomic E-state index is -0.601. The molecule has 1 atom stereocenters. The van der Waals surface area contributed by atoms with Crippen LogP contribution in [-0.4, -0.2) is 28.4 Å². The highest BCUT2D eigenvalue weighted by atomic mass is 32.2. The highest BCUT2D eigenvalue weighted by molar-refractivity contribution is 7.99. The number of nitrogens with one attached hydrogen (secondary N) is 1. The molecule has 28 heavy (non-hydrogen) atoms. The van der Waals surface area contributed by atoms with Gasteiger partial charge < -0.3 is 14.5 Å². The number of allylic oxidation sites excluding steroid dienone is 1. The predicted molar refractivity (Wildman–Crippen MR) is 105 cm³/mol. The van der Waals surface area contributed by atoms with Gasteiger partial charge in [0.2, 0.25) is 5.91 Å². The molecule has 2 aromatic rings. The van der Waals surface area contributed by atoms with E-state index < -0.39 is 11.9 Å². The maximum absolute atomic E-state index is 13.7. The second-order valence-corrected chi connectivity index (χ2v) is 7.52. The van der Waals surface area contributed by atoms with E-state index in [0.717, 1.165) is 19.3 Å². The molecule has 0 spiro atoms. The lowest BCUT2D eigenvalue weighted by Gasteiger charge is -2.12. The summed E-state index contributed by atoms with van der Waals surface area (Å²) in [5, 5.41) is 11.0. The highest BCUT2D eigenvalue weighted by Crippen LogP contribution is 2.25. The molecular formula is C20H24FN3O3S. The van der Waals surface area contributed by atoms with E-state index in [1.807, 2.05) is 0 Å². The first-order chi connectivity index (χ1) is 13.6. The number of amides is 1. The Morgan fingerprint density at radius 2 is 2.21 bits per heavy atom. The highest BCUT2D eigenvalue weighted by Gasteiger charge is 2.18. The summed E-state index contributed by atoms with van der Waals surface area (Å²) in [5.74, 6) is 0.0228. The van der Waals surface area contributed by atoms with Gasteiger partial charge in [-0.25, -0.2) is 4.39 Å². The first kappa shape index (κ1) is 20.4. The van der Waals surface area contributed by atoms with Crippen molar-refractivity contribution >= 4 is 17.7 Å². The van der Waals surface area contributed by atoms with Gasteiger partial charge in [-0.2, -0.15) is 0 Å². The van der Waals surface area contributed by atoms with Crippen molar-refractivity contribution in [3.63, 3.8) is 0 Å². The largest absolute Gasteiger partial charge is 0.478 e. The van der Waals surface area contributed by atoms with E-state index in [-0.39, 0.29) is 28.5 Å². The molecule has 150 valence electrons. The third-order valence-electron chi connectivity index (χ3n) is 4.39. The van der Waals surface area contributed by atoms with Gasteiger partial charge in [-0.1, -0.05) is 35.5 Å². The zero-order valence-electron chi connectivity index (χ0n) is 15.8. The lowest BCUT2D eigenvalue weighted by atomic mass is 9.97. The summed E-state index contributed by atoms with van der Waals surface area (Å²) in [6, 6.07) is 6.13. The molecule has 6 nitrogen and oxygen atoms in total. The fourth-order valence-corrected chi connectivity index (χ4v) is 3.50. The average Bonchev–Trinajstić information content (AvgIpc) is 3.18. The van der Waals surface area contributed by atoms with Crippen molar-refractivity contribution in [1.82, 2.24) is 15.5 Å². The van der Waals surface area contributed by atoms with Crippen LogP contribution < -0.4 is 10.1 Å². The first-order valence-electron chi connectivity index (χ1n) is 9.44. The maximum atomic E-state index is 13.7. The van der Waals surface area contributed by atoms with Crippen molar-refractivity contribution in [3.05, 3.63) is 47.6 Å². The van der Waals surface area contributed by atoms with E-state index >= 15 is 0 Å². The van der Waals surface area contributed by atoms with Crippen LogP contribution in [0.4, 0.5) is 4.39 Å². The van der Waals surface area contributed by atoms with E-state index in [2.05, 4.69) is 21.6 Å². The Balaban J connectivity index is 1.40. The van der Waals surface area contributed by atoms with Crippen LogP contribution >= 0.6 is 11.8 Å². The fourth-order valence-electron chi connectivity index (χ4n) is 2.90. The van der Waals surface area contributed by atoms with Crippen LogP contribution in [0, 0.1) is 5.82 Å². The number of ether oxygens (including phenoxy) is 1. The molecule has 1 aliphatic carbocycles. The molecule has 8 heteroatoms. The zero-order chi connectivity index (χ0) is 19.8. The van der Waals surface area contributed by atoms with Crippen LogP contribution in [0.25, 0.3) is 0 Å². The lowest BCUT2D eigenvalue weighted by Crippen LogP contribution is -2.26. The molecular weight excluding hydrogens is 381 g/mol. The number of hydrogen-bond acceptors (Lipinski definition) is 6. The molecule has 1 aromatic carbocycles. The van der Waals surface area contributed by atoms with Crippen LogP contribution in [0.3, 0.4) is 0 Å². The Morgan fingerprint density at radius 1 is 1.36 bits per heavy atom. The fraction of sp³-hybridized carbons (Fsp3) is 0.450. The second-order valence-electron chi connectivity index (χ2n) is 6.59. The normalized spacial score (nSPS) is 15.0. The van der Waals surface area contributed by atoms with Gasteiger partial charge in [-0.15, -0.1) is 10.2 Å². The minimum Gasteiger partial charge on any atom is -0.478 e. The topological polar surface area (TPSA) is 77.2 Å². The summed E-state index contributed by atoms with van der Waals surface area (Å²) in [5.41, 5.74) is 1.43. The minimum absolute atomic E-state index is 0.0724. The van der Waals surface area contributed by atoms with Crippen LogP contribution in [0.2, 0.25) is 0 Å². The molecule has 1 unspecified atom stereocenters. The van der Waals surface area contributed by atoms with Gasteiger partial charge in [0.25, 0.3) is 11.1 Å². The third-order valence-corrected chi connectivity index (χ3v) is 5.21. The van der Waals surface area contributed by atoms with Crippen molar-refractivity contribution in [2.24, 2.45) is 0 Å². The van der Waals surface area contributed by atoms with Crippen molar-refractivity contribution in [1.29, 1.82) is 0 Å². The number of carbonyl (C=O) groups is 1. The molecule has 1 aromatic heterocycles. The van der Waals surface area contributed by atoms with Gasteiger partial charge >= 0.3 is 0 Å². The molecule has 0 fully saturated rings. The van der Waals surface area contributed by atoms with Crippen LogP contribution in [-0.2, 0) is 4.79 Å². The smallest absolute Gasteiger partial charge is 0.277 e. The first-order valence-corrected chi connectivity index (χ1v) is 10.4. The molecule has 1 amide bonds. The number of nitrogens with zero attached hydrogens (tertiary/aromatic N) is 2. The van der Waals surface area contributed by atoms with Gasteiger partial charge in [-0.3, -0.25) is 4.79 Å².